The number of ether oxygens (including phenoxy) is 1. The van der Waals surface area contributed by atoms with Crippen LogP contribution in [-0.2, 0) is 28.5 Å². The highest BCUT2D eigenvalue weighted by Crippen LogP contribution is 2.00. The first-order valence-corrected chi connectivity index (χ1v) is 7.60. The van der Waals surface area contributed by atoms with Crippen LogP contribution in [-0.4, -0.2) is 65.4 Å². The highest BCUT2D eigenvalue weighted by atomic mass is 32.3. The van der Waals surface area contributed by atoms with Crippen LogP contribution < -0.4 is 0 Å². The lowest BCUT2D eigenvalue weighted by Crippen LogP contribution is -2.21. The second-order valence-electron chi connectivity index (χ2n) is 3.80. The van der Waals surface area contributed by atoms with Gasteiger partial charge < -0.3 is 14.5 Å². The van der Waals surface area contributed by atoms with Crippen molar-refractivity contribution in [2.24, 2.45) is 0 Å². The van der Waals surface area contributed by atoms with Crippen LogP contribution in [0.4, 0.5) is 0 Å². The Morgan fingerprint density at radius 1 is 1.20 bits per heavy atom. The maximum atomic E-state index is 10.6. The maximum Gasteiger partial charge on any atom is 0.426 e. The van der Waals surface area contributed by atoms with Gasteiger partial charge in [-0.05, 0) is 13.8 Å². The SMILES string of the molecule is CCN1C=CN(C)C1.CCOS(=O)(=O)OOCCOC. The van der Waals surface area contributed by atoms with Gasteiger partial charge in [0.15, 0.2) is 0 Å². The van der Waals surface area contributed by atoms with Crippen molar-refractivity contribution in [3.05, 3.63) is 12.4 Å². The summed E-state index contributed by atoms with van der Waals surface area (Å²) in [5.74, 6) is 0. The maximum absolute atomic E-state index is 10.6. The molecule has 120 valence electrons. The molecule has 0 bridgehead atoms. The third-order valence-electron chi connectivity index (χ3n) is 2.11. The Bertz CT molecular complexity index is 360. The number of hydrogen-bond acceptors (Lipinski definition) is 8. The average molecular weight is 312 g/mol. The molecule has 0 aromatic carbocycles. The van der Waals surface area contributed by atoms with Gasteiger partial charge >= 0.3 is 10.4 Å². The van der Waals surface area contributed by atoms with Crippen LogP contribution in [0.2, 0.25) is 0 Å². The normalized spacial score (nSPS) is 14.4. The Hall–Kier alpha value is -0.870. The van der Waals surface area contributed by atoms with E-state index in [1.807, 2.05) is 0 Å². The molecule has 0 aliphatic carbocycles. The Morgan fingerprint density at radius 2 is 1.90 bits per heavy atom. The largest absolute Gasteiger partial charge is 0.426 e. The van der Waals surface area contributed by atoms with Crippen LogP contribution >= 0.6 is 0 Å². The molecule has 0 spiro atoms. The minimum absolute atomic E-state index is 0.00989. The van der Waals surface area contributed by atoms with E-state index >= 15 is 0 Å². The average Bonchev–Trinajstić information content (AvgIpc) is 2.81. The quantitative estimate of drug-likeness (QED) is 0.365. The van der Waals surface area contributed by atoms with Crippen molar-refractivity contribution in [1.82, 2.24) is 9.80 Å². The van der Waals surface area contributed by atoms with Crippen molar-refractivity contribution in [1.29, 1.82) is 0 Å². The molecule has 0 atom stereocenters. The topological polar surface area (TPSA) is 77.5 Å². The van der Waals surface area contributed by atoms with Crippen molar-refractivity contribution < 1.29 is 26.6 Å². The lowest BCUT2D eigenvalue weighted by Gasteiger charge is -2.14. The molecule has 8 nitrogen and oxygen atoms in total. The van der Waals surface area contributed by atoms with Crippen molar-refractivity contribution in [2.75, 3.05) is 47.2 Å². The molecule has 1 heterocycles. The Labute approximate surface area is 121 Å². The van der Waals surface area contributed by atoms with Gasteiger partial charge in [0, 0.05) is 33.1 Å². The van der Waals surface area contributed by atoms with Gasteiger partial charge in [-0.25, -0.2) is 9.07 Å². The third-order valence-corrected chi connectivity index (χ3v) is 2.89. The van der Waals surface area contributed by atoms with Gasteiger partial charge in [0.25, 0.3) is 0 Å². The van der Waals surface area contributed by atoms with E-state index < -0.39 is 10.4 Å². The fraction of sp³-hybridized carbons (Fsp3) is 0.818. The number of methoxy groups -OCH3 is 1. The molecule has 0 saturated carbocycles. The van der Waals surface area contributed by atoms with E-state index in [1.165, 1.54) is 14.0 Å². The molecule has 0 N–H and O–H groups in total. The highest BCUT2D eigenvalue weighted by Gasteiger charge is 2.11. The zero-order chi connectivity index (χ0) is 15.4. The summed E-state index contributed by atoms with van der Waals surface area (Å²) in [4.78, 5) is 8.66. The van der Waals surface area contributed by atoms with E-state index in [0.29, 0.717) is 0 Å². The first-order valence-electron chi connectivity index (χ1n) is 6.27. The van der Waals surface area contributed by atoms with E-state index in [1.54, 1.807) is 0 Å². The molecule has 0 aromatic heterocycles. The molecule has 0 unspecified atom stereocenters. The Morgan fingerprint density at radius 3 is 2.30 bits per heavy atom. The summed E-state index contributed by atoms with van der Waals surface area (Å²) in [7, 11) is -0.456. The second-order valence-corrected chi connectivity index (χ2v) is 4.99. The first-order chi connectivity index (χ1) is 9.45. The molecular weight excluding hydrogens is 288 g/mol. The van der Waals surface area contributed by atoms with Crippen molar-refractivity contribution >= 4 is 10.4 Å². The van der Waals surface area contributed by atoms with Gasteiger partial charge in [0.1, 0.15) is 6.61 Å². The predicted octanol–water partition coefficient (Wildman–Crippen LogP) is 0.545. The minimum atomic E-state index is -3.99. The van der Waals surface area contributed by atoms with E-state index in [4.69, 9.17) is 0 Å². The Kier molecular flexibility index (Phi) is 10.4. The summed E-state index contributed by atoms with van der Waals surface area (Å²) in [6, 6.07) is 0. The van der Waals surface area contributed by atoms with E-state index in [2.05, 4.69) is 54.3 Å². The van der Waals surface area contributed by atoms with Crippen LogP contribution in [0.5, 0.6) is 0 Å². The van der Waals surface area contributed by atoms with E-state index in [0.717, 1.165) is 13.2 Å². The fourth-order valence-corrected chi connectivity index (χ4v) is 1.68. The van der Waals surface area contributed by atoms with Crippen LogP contribution in [0, 0.1) is 0 Å². The monoisotopic (exact) mass is 312 g/mol. The molecule has 1 rings (SSSR count). The van der Waals surface area contributed by atoms with Gasteiger partial charge in [-0.15, -0.1) is 0 Å². The molecule has 1 aliphatic rings. The predicted molar refractivity (Wildman–Crippen MR) is 73.6 cm³/mol. The number of hydrogen-bond donors (Lipinski definition) is 0. The third kappa shape index (κ3) is 9.98. The molecule has 0 saturated heterocycles. The van der Waals surface area contributed by atoms with Gasteiger partial charge in [-0.1, -0.05) is 4.33 Å². The number of nitrogens with zero attached hydrogens (tertiary/aromatic N) is 2. The van der Waals surface area contributed by atoms with Crippen LogP contribution in [0.25, 0.3) is 0 Å². The fourth-order valence-electron chi connectivity index (χ4n) is 1.17. The van der Waals surface area contributed by atoms with E-state index in [-0.39, 0.29) is 19.8 Å². The van der Waals surface area contributed by atoms with Crippen LogP contribution in [0.15, 0.2) is 12.4 Å². The van der Waals surface area contributed by atoms with Crippen molar-refractivity contribution in [3.63, 3.8) is 0 Å². The lowest BCUT2D eigenvalue weighted by molar-refractivity contribution is -0.216. The van der Waals surface area contributed by atoms with Gasteiger partial charge in [-0.3, -0.25) is 0 Å². The number of rotatable bonds is 8. The van der Waals surface area contributed by atoms with Gasteiger partial charge in [0.2, 0.25) is 0 Å². The summed E-state index contributed by atoms with van der Waals surface area (Å²) in [5, 5.41) is 0. The molecule has 0 radical (unpaired) electrons. The van der Waals surface area contributed by atoms with Crippen LogP contribution in [0.3, 0.4) is 0 Å². The van der Waals surface area contributed by atoms with Crippen LogP contribution in [0.1, 0.15) is 13.8 Å². The molecule has 0 amide bonds. The van der Waals surface area contributed by atoms with Gasteiger partial charge in [-0.2, -0.15) is 8.42 Å². The summed E-state index contributed by atoms with van der Waals surface area (Å²) >= 11 is 0. The second kappa shape index (κ2) is 10.9. The van der Waals surface area contributed by atoms with E-state index in [9.17, 15) is 8.42 Å². The molecule has 0 fully saturated rings. The van der Waals surface area contributed by atoms with Crippen molar-refractivity contribution in [2.45, 2.75) is 13.8 Å². The standard InChI is InChI=1S/C6H12N2.C5H12O6S/c1-3-8-5-4-7(2)6-8;1-3-10-12(6,7)11-9-5-4-8-2/h4-5H,3,6H2,1-2H3;3-5H2,1-2H3. The molecule has 1 aliphatic heterocycles. The summed E-state index contributed by atoms with van der Waals surface area (Å²) in [6.45, 7) is 6.14. The highest BCUT2D eigenvalue weighted by molar-refractivity contribution is 7.81. The lowest BCUT2D eigenvalue weighted by atomic mass is 10.6. The summed E-state index contributed by atoms with van der Waals surface area (Å²) in [5.41, 5.74) is 0. The summed E-state index contributed by atoms with van der Waals surface area (Å²) in [6.07, 6.45) is 4.20. The molecular formula is C11H24N2O6S. The zero-order valence-corrected chi connectivity index (χ0v) is 13.3. The van der Waals surface area contributed by atoms with Crippen molar-refractivity contribution in [3.8, 4) is 0 Å². The smallest absolute Gasteiger partial charge is 0.382 e. The zero-order valence-electron chi connectivity index (χ0n) is 12.4. The molecule has 9 heteroatoms. The molecule has 0 aromatic rings. The minimum Gasteiger partial charge on any atom is -0.382 e. The Balaban J connectivity index is 0.000000388. The first kappa shape index (κ1) is 19.1. The van der Waals surface area contributed by atoms with Gasteiger partial charge in [0.05, 0.1) is 19.9 Å². The molecule has 20 heavy (non-hydrogen) atoms. The summed E-state index contributed by atoms with van der Waals surface area (Å²) < 4.78 is 33.9.